The highest BCUT2D eigenvalue weighted by Gasteiger charge is 2.19. The topological polar surface area (TPSA) is 49.6 Å². The van der Waals surface area contributed by atoms with Crippen LogP contribution in [0.5, 0.6) is 0 Å². The Hall–Kier alpha value is -0.610. The van der Waals surface area contributed by atoms with E-state index in [-0.39, 0.29) is 11.3 Å². The molecule has 1 amide bonds. The van der Waals surface area contributed by atoms with Gasteiger partial charge in [-0.1, -0.05) is 20.8 Å². The molecule has 4 nitrogen and oxygen atoms in total. The number of carbonyl (C=O) groups is 1. The van der Waals surface area contributed by atoms with Crippen molar-refractivity contribution in [3.05, 3.63) is 0 Å². The Morgan fingerprint density at radius 2 is 1.88 bits per heavy atom. The van der Waals surface area contributed by atoms with Crippen molar-refractivity contribution in [2.45, 2.75) is 33.6 Å². The van der Waals surface area contributed by atoms with E-state index < -0.39 is 0 Å². The third-order valence-corrected chi connectivity index (χ3v) is 3.02. The van der Waals surface area contributed by atoms with Crippen LogP contribution in [0.15, 0.2) is 0 Å². The third-order valence-electron chi connectivity index (χ3n) is 3.02. The standard InChI is InChI=1S/C13H29N3O/c1-6-16(11-13(2,3)10-14)9-7-8-12(17)15(4)5/h6-11,14H2,1-5H3. The van der Waals surface area contributed by atoms with Crippen molar-refractivity contribution in [2.24, 2.45) is 11.1 Å². The van der Waals surface area contributed by atoms with E-state index in [4.69, 9.17) is 5.73 Å². The first-order valence-electron chi connectivity index (χ1n) is 6.45. The fourth-order valence-electron chi connectivity index (χ4n) is 1.70. The van der Waals surface area contributed by atoms with Crippen molar-refractivity contribution in [3.63, 3.8) is 0 Å². The van der Waals surface area contributed by atoms with Crippen LogP contribution >= 0.6 is 0 Å². The number of rotatable bonds is 8. The second-order valence-electron chi connectivity index (χ2n) is 5.63. The molecule has 0 unspecified atom stereocenters. The Bertz CT molecular complexity index is 227. The van der Waals surface area contributed by atoms with Gasteiger partial charge in [0.05, 0.1) is 0 Å². The first-order chi connectivity index (χ1) is 7.82. The van der Waals surface area contributed by atoms with E-state index in [9.17, 15) is 4.79 Å². The minimum Gasteiger partial charge on any atom is -0.349 e. The molecule has 0 aliphatic carbocycles. The molecule has 4 heteroatoms. The van der Waals surface area contributed by atoms with Gasteiger partial charge in [-0.15, -0.1) is 0 Å². The summed E-state index contributed by atoms with van der Waals surface area (Å²) < 4.78 is 0. The van der Waals surface area contributed by atoms with Gasteiger partial charge in [-0.3, -0.25) is 4.79 Å². The van der Waals surface area contributed by atoms with Gasteiger partial charge >= 0.3 is 0 Å². The van der Waals surface area contributed by atoms with E-state index in [1.54, 1.807) is 19.0 Å². The number of nitrogens with two attached hydrogens (primary N) is 1. The second kappa shape index (κ2) is 7.67. The maximum absolute atomic E-state index is 11.4. The van der Waals surface area contributed by atoms with E-state index in [1.165, 1.54) is 0 Å². The molecule has 0 rings (SSSR count). The lowest BCUT2D eigenvalue weighted by Crippen LogP contribution is -2.39. The van der Waals surface area contributed by atoms with E-state index in [0.717, 1.165) is 26.1 Å². The molecule has 0 bridgehead atoms. The minimum absolute atomic E-state index is 0.154. The van der Waals surface area contributed by atoms with Crippen molar-refractivity contribution in [2.75, 3.05) is 40.3 Å². The molecular weight excluding hydrogens is 214 g/mol. The normalized spacial score (nSPS) is 11.9. The average Bonchev–Trinajstić information content (AvgIpc) is 2.27. The largest absolute Gasteiger partial charge is 0.349 e. The Morgan fingerprint density at radius 3 is 2.29 bits per heavy atom. The smallest absolute Gasteiger partial charge is 0.222 e. The molecule has 0 radical (unpaired) electrons. The zero-order chi connectivity index (χ0) is 13.5. The molecule has 0 aliphatic rings. The first-order valence-corrected chi connectivity index (χ1v) is 6.45. The van der Waals surface area contributed by atoms with Crippen molar-refractivity contribution >= 4 is 5.91 Å². The Morgan fingerprint density at radius 1 is 1.29 bits per heavy atom. The quantitative estimate of drug-likeness (QED) is 0.696. The van der Waals surface area contributed by atoms with Gasteiger partial charge < -0.3 is 15.5 Å². The Labute approximate surface area is 106 Å². The molecule has 0 spiro atoms. The lowest BCUT2D eigenvalue weighted by molar-refractivity contribution is -0.128. The van der Waals surface area contributed by atoms with Crippen molar-refractivity contribution in [1.29, 1.82) is 0 Å². The predicted octanol–water partition coefficient (Wildman–Crippen LogP) is 1.16. The van der Waals surface area contributed by atoms with Gasteiger partial charge in [0.1, 0.15) is 0 Å². The molecule has 0 aromatic carbocycles. The molecule has 0 fully saturated rings. The molecule has 102 valence electrons. The maximum Gasteiger partial charge on any atom is 0.222 e. The highest BCUT2D eigenvalue weighted by Crippen LogP contribution is 2.15. The zero-order valence-corrected chi connectivity index (χ0v) is 12.1. The third kappa shape index (κ3) is 7.34. The van der Waals surface area contributed by atoms with Gasteiger partial charge in [-0.25, -0.2) is 0 Å². The summed E-state index contributed by atoms with van der Waals surface area (Å²) in [6, 6.07) is 0. The number of nitrogens with zero attached hydrogens (tertiary/aromatic N) is 2. The molecule has 0 aromatic rings. The number of hydrogen-bond acceptors (Lipinski definition) is 3. The van der Waals surface area contributed by atoms with Crippen LogP contribution in [-0.4, -0.2) is 56.0 Å². The first kappa shape index (κ1) is 16.4. The monoisotopic (exact) mass is 243 g/mol. The van der Waals surface area contributed by atoms with Crippen molar-refractivity contribution in [1.82, 2.24) is 9.80 Å². The zero-order valence-electron chi connectivity index (χ0n) is 12.1. The average molecular weight is 243 g/mol. The summed E-state index contributed by atoms with van der Waals surface area (Å²) >= 11 is 0. The van der Waals surface area contributed by atoms with Crippen LogP contribution in [0.4, 0.5) is 0 Å². The van der Waals surface area contributed by atoms with Crippen LogP contribution in [0.2, 0.25) is 0 Å². The summed E-state index contributed by atoms with van der Waals surface area (Å²) in [6.45, 7) is 10.2. The van der Waals surface area contributed by atoms with E-state index >= 15 is 0 Å². The summed E-state index contributed by atoms with van der Waals surface area (Å²) in [5.74, 6) is 0.208. The van der Waals surface area contributed by atoms with Crippen LogP contribution < -0.4 is 5.73 Å². The summed E-state index contributed by atoms with van der Waals surface area (Å²) in [7, 11) is 3.61. The summed E-state index contributed by atoms with van der Waals surface area (Å²) in [5.41, 5.74) is 5.89. The highest BCUT2D eigenvalue weighted by molar-refractivity contribution is 5.75. The fourth-order valence-corrected chi connectivity index (χ4v) is 1.70. The molecule has 0 aliphatic heterocycles. The van der Waals surface area contributed by atoms with Crippen LogP contribution in [-0.2, 0) is 4.79 Å². The SMILES string of the molecule is CCN(CCCC(=O)N(C)C)CC(C)(C)CN. The fraction of sp³-hybridized carbons (Fsp3) is 0.923. The Balaban J connectivity index is 3.95. The lowest BCUT2D eigenvalue weighted by Gasteiger charge is -2.31. The van der Waals surface area contributed by atoms with Gasteiger partial charge in [0.2, 0.25) is 5.91 Å². The lowest BCUT2D eigenvalue weighted by atomic mass is 9.93. The van der Waals surface area contributed by atoms with E-state index in [0.29, 0.717) is 13.0 Å². The van der Waals surface area contributed by atoms with Crippen LogP contribution in [0.3, 0.4) is 0 Å². The van der Waals surface area contributed by atoms with Crippen molar-refractivity contribution < 1.29 is 4.79 Å². The van der Waals surface area contributed by atoms with Gasteiger partial charge in [-0.2, -0.15) is 0 Å². The minimum atomic E-state index is 0.154. The molecule has 17 heavy (non-hydrogen) atoms. The second-order valence-corrected chi connectivity index (χ2v) is 5.63. The van der Waals surface area contributed by atoms with Crippen LogP contribution in [0, 0.1) is 5.41 Å². The van der Waals surface area contributed by atoms with E-state index in [2.05, 4.69) is 25.7 Å². The highest BCUT2D eigenvalue weighted by atomic mass is 16.2. The van der Waals surface area contributed by atoms with Crippen molar-refractivity contribution in [3.8, 4) is 0 Å². The number of amides is 1. The molecule has 0 aromatic heterocycles. The molecular formula is C13H29N3O. The molecule has 2 N–H and O–H groups in total. The molecule has 0 saturated carbocycles. The summed E-state index contributed by atoms with van der Waals surface area (Å²) in [6.07, 6.45) is 1.55. The van der Waals surface area contributed by atoms with Crippen LogP contribution in [0.25, 0.3) is 0 Å². The maximum atomic E-state index is 11.4. The molecule has 0 saturated heterocycles. The van der Waals surface area contributed by atoms with Crippen LogP contribution in [0.1, 0.15) is 33.6 Å². The van der Waals surface area contributed by atoms with E-state index in [1.807, 2.05) is 0 Å². The molecule has 0 heterocycles. The number of hydrogen-bond donors (Lipinski definition) is 1. The van der Waals surface area contributed by atoms with Gasteiger partial charge in [-0.05, 0) is 31.5 Å². The van der Waals surface area contributed by atoms with Gasteiger partial charge in [0.25, 0.3) is 0 Å². The predicted molar refractivity (Wildman–Crippen MR) is 72.9 cm³/mol. The summed E-state index contributed by atoms with van der Waals surface area (Å²) in [5, 5.41) is 0. The van der Waals surface area contributed by atoms with Gasteiger partial charge in [0.15, 0.2) is 0 Å². The molecule has 0 atom stereocenters. The summed E-state index contributed by atoms with van der Waals surface area (Å²) in [4.78, 5) is 15.5. The number of carbonyl (C=O) groups excluding carboxylic acids is 1. The van der Waals surface area contributed by atoms with Gasteiger partial charge in [0, 0.05) is 27.1 Å². The Kier molecular flexibility index (Phi) is 7.39.